The topological polar surface area (TPSA) is 150 Å². The maximum atomic E-state index is 13.0. The zero-order valence-corrected chi connectivity index (χ0v) is 19.0. The van der Waals surface area contributed by atoms with Crippen molar-refractivity contribution in [2.45, 2.75) is 19.5 Å². The summed E-state index contributed by atoms with van der Waals surface area (Å²) in [6, 6.07) is 15.6. The number of carbonyl (C=O) groups excluding carboxylic acids is 1. The van der Waals surface area contributed by atoms with E-state index in [9.17, 15) is 4.79 Å². The third-order valence-electron chi connectivity index (χ3n) is 5.77. The maximum Gasteiger partial charge on any atom is 0.293 e. The highest BCUT2D eigenvalue weighted by molar-refractivity contribution is 5.94. The van der Waals surface area contributed by atoms with Gasteiger partial charge in [0.15, 0.2) is 5.69 Å². The van der Waals surface area contributed by atoms with Gasteiger partial charge in [-0.3, -0.25) is 9.69 Å². The first-order chi connectivity index (χ1) is 17.1. The molecular weight excluding hydrogens is 450 g/mol. The first-order valence-corrected chi connectivity index (χ1v) is 10.9. The van der Waals surface area contributed by atoms with Crippen LogP contribution >= 0.6 is 0 Å². The first kappa shape index (κ1) is 22.2. The average Bonchev–Trinajstić information content (AvgIpc) is 3.49. The number of nitrogen functional groups attached to an aromatic ring is 1. The van der Waals surface area contributed by atoms with Crippen LogP contribution in [0.3, 0.4) is 0 Å². The number of rotatable bonds is 7. The van der Waals surface area contributed by atoms with Crippen molar-refractivity contribution in [1.29, 1.82) is 0 Å². The van der Waals surface area contributed by atoms with Gasteiger partial charge in [-0.25, -0.2) is 10.1 Å². The molecule has 2 aromatic heterocycles. The molecule has 12 nitrogen and oxygen atoms in total. The van der Waals surface area contributed by atoms with Crippen molar-refractivity contribution < 1.29 is 14.2 Å². The molecule has 12 heteroatoms. The second-order valence-electron chi connectivity index (χ2n) is 7.94. The van der Waals surface area contributed by atoms with Crippen LogP contribution in [-0.2, 0) is 19.5 Å². The molecule has 3 heterocycles. The number of anilines is 1. The first-order valence-electron chi connectivity index (χ1n) is 10.9. The molecule has 1 aliphatic heterocycles. The highest BCUT2D eigenvalue weighted by Gasteiger charge is 2.27. The van der Waals surface area contributed by atoms with E-state index in [2.05, 4.69) is 48.2 Å². The van der Waals surface area contributed by atoms with E-state index in [-0.39, 0.29) is 17.3 Å². The van der Waals surface area contributed by atoms with Crippen LogP contribution in [0.15, 0.2) is 58.3 Å². The Labute approximate surface area is 200 Å². The van der Waals surface area contributed by atoms with Crippen LogP contribution in [0.25, 0.3) is 5.82 Å². The minimum Gasteiger partial charge on any atom is -0.496 e. The second kappa shape index (κ2) is 9.73. The fourth-order valence-corrected chi connectivity index (χ4v) is 4.02. The maximum absolute atomic E-state index is 13.0. The van der Waals surface area contributed by atoms with Crippen LogP contribution in [0, 0.1) is 0 Å². The molecule has 0 aliphatic carbocycles. The predicted molar refractivity (Wildman–Crippen MR) is 126 cm³/mol. The number of fused-ring (bicyclic) bond motifs is 1. The van der Waals surface area contributed by atoms with Crippen molar-refractivity contribution in [2.24, 2.45) is 5.10 Å². The monoisotopic (exact) mass is 473 g/mol. The molecule has 5 rings (SSSR count). The van der Waals surface area contributed by atoms with Gasteiger partial charge in [-0.05, 0) is 40.0 Å². The van der Waals surface area contributed by atoms with Crippen LogP contribution in [-0.4, -0.2) is 56.0 Å². The zero-order chi connectivity index (χ0) is 24.2. The fourth-order valence-electron chi connectivity index (χ4n) is 4.02. The minimum atomic E-state index is -0.523. The van der Waals surface area contributed by atoms with Crippen LogP contribution in [0.1, 0.15) is 32.9 Å². The van der Waals surface area contributed by atoms with Gasteiger partial charge in [0.1, 0.15) is 5.75 Å². The molecule has 1 amide bonds. The molecule has 35 heavy (non-hydrogen) atoms. The van der Waals surface area contributed by atoms with E-state index in [1.54, 1.807) is 13.2 Å². The predicted octanol–water partition coefficient (Wildman–Crippen LogP) is 1.56. The van der Waals surface area contributed by atoms with Gasteiger partial charge in [-0.2, -0.15) is 9.78 Å². The summed E-state index contributed by atoms with van der Waals surface area (Å²) < 4.78 is 11.4. The van der Waals surface area contributed by atoms with Crippen LogP contribution in [0.5, 0.6) is 5.75 Å². The van der Waals surface area contributed by atoms with E-state index in [1.807, 2.05) is 30.3 Å². The summed E-state index contributed by atoms with van der Waals surface area (Å²) in [5.41, 5.74) is 12.3. The summed E-state index contributed by atoms with van der Waals surface area (Å²) in [4.78, 5) is 15.2. The van der Waals surface area contributed by atoms with Crippen LogP contribution in [0.4, 0.5) is 5.82 Å². The summed E-state index contributed by atoms with van der Waals surface area (Å²) in [6.07, 6.45) is 2.40. The number of para-hydroxylation sites is 1. The van der Waals surface area contributed by atoms with Gasteiger partial charge in [-0.15, -0.1) is 5.10 Å². The lowest BCUT2D eigenvalue weighted by Crippen LogP contribution is -2.32. The Morgan fingerprint density at radius 2 is 2.00 bits per heavy atom. The molecule has 0 bridgehead atoms. The van der Waals surface area contributed by atoms with Crippen LogP contribution < -0.4 is 15.9 Å². The number of nitrogens with one attached hydrogen (secondary N) is 1. The highest BCUT2D eigenvalue weighted by atomic mass is 16.6. The Hall–Kier alpha value is -4.58. The van der Waals surface area contributed by atoms with Gasteiger partial charge in [0, 0.05) is 25.2 Å². The summed E-state index contributed by atoms with van der Waals surface area (Å²) in [6.45, 7) is 1.91. The molecule has 0 spiro atoms. The molecule has 3 N–H and O–H groups in total. The molecule has 0 fully saturated rings. The quantitative estimate of drug-likeness (QED) is 0.301. The number of nitrogens with two attached hydrogens (primary N) is 1. The SMILES string of the molecule is COc1ccccc1/C=N\NC(=O)c1nnn(-c2nonc2N)c1CN1CCc2ccccc2C1. The number of methoxy groups -OCH3 is 1. The van der Waals surface area contributed by atoms with Crippen LogP contribution in [0.2, 0.25) is 0 Å². The third-order valence-corrected chi connectivity index (χ3v) is 5.77. The molecule has 1 aliphatic rings. The molecule has 0 atom stereocenters. The van der Waals surface area contributed by atoms with Crippen molar-refractivity contribution in [2.75, 3.05) is 19.4 Å². The number of benzene rings is 2. The van der Waals surface area contributed by atoms with Gasteiger partial charge in [0.25, 0.3) is 5.91 Å². The molecule has 2 aromatic carbocycles. The van der Waals surface area contributed by atoms with Crippen molar-refractivity contribution in [1.82, 2.24) is 35.6 Å². The molecule has 0 unspecified atom stereocenters. The van der Waals surface area contributed by atoms with E-state index in [4.69, 9.17) is 15.1 Å². The Kier molecular flexibility index (Phi) is 6.18. The van der Waals surface area contributed by atoms with Gasteiger partial charge in [0.2, 0.25) is 11.6 Å². The number of ether oxygens (including phenoxy) is 1. The lowest BCUT2D eigenvalue weighted by Gasteiger charge is -2.28. The number of aromatic nitrogens is 5. The molecular formula is C23H23N9O3. The fraction of sp³-hybridized carbons (Fsp3) is 0.217. The van der Waals surface area contributed by atoms with E-state index in [0.717, 1.165) is 19.5 Å². The number of hydrogen-bond donors (Lipinski definition) is 2. The minimum absolute atomic E-state index is 0.0429. The average molecular weight is 473 g/mol. The zero-order valence-electron chi connectivity index (χ0n) is 19.0. The molecule has 0 saturated carbocycles. The van der Waals surface area contributed by atoms with Crippen molar-refractivity contribution >= 4 is 17.9 Å². The van der Waals surface area contributed by atoms with Crippen molar-refractivity contribution in [3.63, 3.8) is 0 Å². The number of hydrazone groups is 1. The summed E-state index contributed by atoms with van der Waals surface area (Å²) in [7, 11) is 1.57. The molecule has 178 valence electrons. The highest BCUT2D eigenvalue weighted by Crippen LogP contribution is 2.23. The van der Waals surface area contributed by atoms with E-state index in [0.29, 0.717) is 23.6 Å². The summed E-state index contributed by atoms with van der Waals surface area (Å²) in [5, 5.41) is 19.7. The van der Waals surface area contributed by atoms with Gasteiger partial charge < -0.3 is 10.5 Å². The van der Waals surface area contributed by atoms with E-state index in [1.165, 1.54) is 22.0 Å². The number of carbonyl (C=O) groups is 1. The molecule has 4 aromatic rings. The van der Waals surface area contributed by atoms with Gasteiger partial charge >= 0.3 is 0 Å². The second-order valence-corrected chi connectivity index (χ2v) is 7.94. The van der Waals surface area contributed by atoms with E-state index >= 15 is 0 Å². The van der Waals surface area contributed by atoms with Crippen molar-refractivity contribution in [3.8, 4) is 11.6 Å². The lowest BCUT2D eigenvalue weighted by atomic mass is 10.00. The Balaban J connectivity index is 1.40. The largest absolute Gasteiger partial charge is 0.496 e. The van der Waals surface area contributed by atoms with E-state index < -0.39 is 5.91 Å². The summed E-state index contributed by atoms with van der Waals surface area (Å²) >= 11 is 0. The number of nitrogens with zero attached hydrogens (tertiary/aromatic N) is 7. The third kappa shape index (κ3) is 4.59. The molecule has 0 radical (unpaired) electrons. The van der Waals surface area contributed by atoms with Gasteiger partial charge in [-0.1, -0.05) is 41.6 Å². The number of amides is 1. The van der Waals surface area contributed by atoms with Crippen molar-refractivity contribution in [3.05, 3.63) is 76.6 Å². The normalized spacial score (nSPS) is 13.6. The Morgan fingerprint density at radius 3 is 2.80 bits per heavy atom. The molecule has 0 saturated heterocycles. The Morgan fingerprint density at radius 1 is 1.20 bits per heavy atom. The lowest BCUT2D eigenvalue weighted by molar-refractivity contribution is 0.0947. The summed E-state index contributed by atoms with van der Waals surface area (Å²) in [5.74, 6) is 0.323. The van der Waals surface area contributed by atoms with Gasteiger partial charge in [0.05, 0.1) is 19.0 Å². The number of hydrogen-bond acceptors (Lipinski definition) is 10. The standard InChI is InChI=1S/C23H23N9O3/c1-34-19-9-5-4-7-16(19)12-25-27-23(33)20-18(32(30-26-20)22-21(24)28-35-29-22)14-31-11-10-15-6-2-3-8-17(15)13-31/h2-9,12H,10-11,13-14H2,1H3,(H2,24,28)(H,27,33)/b25-12-. The smallest absolute Gasteiger partial charge is 0.293 e. The Bertz CT molecular complexity index is 1380.